The van der Waals surface area contributed by atoms with Crippen LogP contribution in [-0.2, 0) is 11.3 Å². The number of nitrogens with one attached hydrogen (secondary N) is 1. The Kier molecular flexibility index (Phi) is 4.13. The second-order valence-corrected chi connectivity index (χ2v) is 1.63. The third-order valence-electron chi connectivity index (χ3n) is 0.522. The average molecular weight is 130 g/mol. The molecule has 44 valence electrons. The normalized spacial score (nSPS) is 7.50. The molecule has 0 radical (unpaired) electrons. The van der Waals surface area contributed by atoms with Crippen LogP contribution < -0.4 is 5.32 Å². The molecule has 0 saturated heterocycles. The molecule has 0 aromatic heterocycles. The first-order chi connectivity index (χ1) is 3.85. The van der Waals surface area contributed by atoms with Gasteiger partial charge in [0, 0.05) is 0 Å². The fourth-order valence-corrected chi connectivity index (χ4v) is 0.489. The molecule has 0 fully saturated rings. The molecule has 4 heteroatoms. The summed E-state index contributed by atoms with van der Waals surface area (Å²) in [5.74, 6) is 0. The van der Waals surface area contributed by atoms with Crippen LogP contribution in [0, 0.1) is 11.3 Å². The Hall–Kier alpha value is -0.660. The van der Waals surface area contributed by atoms with Crippen LogP contribution >= 0.6 is 0 Å². The van der Waals surface area contributed by atoms with Crippen molar-refractivity contribution in [3.05, 3.63) is 0 Å². The van der Waals surface area contributed by atoms with Crippen molar-refractivity contribution in [2.75, 3.05) is 6.54 Å². The zero-order valence-electron chi connectivity index (χ0n) is 4.47. The summed E-state index contributed by atoms with van der Waals surface area (Å²) in [4.78, 5) is 0.132. The van der Waals surface area contributed by atoms with Gasteiger partial charge in [0.2, 0.25) is 0 Å². The fourth-order valence-electron chi connectivity index (χ4n) is 0.248. The lowest BCUT2D eigenvalue weighted by atomic mass is 10.6. The van der Waals surface area contributed by atoms with E-state index in [0.29, 0.717) is 6.54 Å². The molecule has 0 aliphatic heterocycles. The molecule has 0 atom stereocenters. The van der Waals surface area contributed by atoms with E-state index in [1.807, 2.05) is 6.92 Å². The molecule has 0 aliphatic carbocycles. The minimum absolute atomic E-state index is 0.132. The van der Waals surface area contributed by atoms with E-state index in [0.717, 1.165) is 0 Å². The second kappa shape index (κ2) is 4.50. The minimum Gasteiger partial charge on any atom is -0.269 e. The van der Waals surface area contributed by atoms with Crippen LogP contribution in [0.1, 0.15) is 6.92 Å². The first-order valence-electron chi connectivity index (χ1n) is 2.16. The second-order valence-electron chi connectivity index (χ2n) is 1.05. The molecule has 0 aromatic rings. The maximum absolute atomic E-state index is 9.85. The van der Waals surface area contributed by atoms with Gasteiger partial charge in [-0.05, 0) is 6.54 Å². The highest BCUT2D eigenvalue weighted by Gasteiger charge is 1.87. The highest BCUT2D eigenvalue weighted by Crippen LogP contribution is 1.58. The fraction of sp³-hybridized carbons (Fsp3) is 0.500. The summed E-state index contributed by atoms with van der Waals surface area (Å²) in [5.41, 5.74) is 0. The third kappa shape index (κ3) is 2.50. The van der Waals surface area contributed by atoms with E-state index in [1.54, 1.807) is 6.07 Å². The molecule has 1 N–H and O–H groups in total. The molecule has 0 rings (SSSR count). The monoisotopic (exact) mass is 130 g/mol. The maximum Gasteiger partial charge on any atom is 0.188 e. The molecule has 0 amide bonds. The summed E-state index contributed by atoms with van der Waals surface area (Å²) >= 11 is 0.189. The van der Waals surface area contributed by atoms with Gasteiger partial charge in [-0.3, -0.25) is 5.32 Å². The summed E-state index contributed by atoms with van der Waals surface area (Å²) in [6.45, 7) is 2.45. The summed E-state index contributed by atoms with van der Waals surface area (Å²) in [6, 6.07) is 1.71. The van der Waals surface area contributed by atoms with Crippen molar-refractivity contribution in [1.29, 1.82) is 5.26 Å². The summed E-state index contributed by atoms with van der Waals surface area (Å²) in [7, 11) is 0. The average Bonchev–Trinajstić information content (AvgIpc) is 1.83. The molecule has 0 bridgehead atoms. The van der Waals surface area contributed by atoms with Crippen molar-refractivity contribution in [3.63, 3.8) is 0 Å². The smallest absolute Gasteiger partial charge is 0.188 e. The van der Waals surface area contributed by atoms with Crippen LogP contribution in [0.4, 0.5) is 0 Å². The molecule has 0 heterocycles. The van der Waals surface area contributed by atoms with E-state index in [4.69, 9.17) is 5.26 Å². The Morgan fingerprint density at radius 2 is 2.62 bits per heavy atom. The third-order valence-corrected chi connectivity index (χ3v) is 0.925. The minimum atomic E-state index is 0.132. The van der Waals surface area contributed by atoms with Crippen LogP contribution in [0.2, 0.25) is 0 Å². The van der Waals surface area contributed by atoms with Crippen LogP contribution in [-0.4, -0.2) is 15.7 Å². The number of hydrogen-bond acceptors (Lipinski definition) is 2. The van der Waals surface area contributed by atoms with E-state index in [9.17, 15) is 4.21 Å². The Bertz CT molecular complexity index is 154. The molecule has 0 unspecified atom stereocenters. The van der Waals surface area contributed by atoms with E-state index in [2.05, 4.69) is 5.32 Å². The van der Waals surface area contributed by atoms with Gasteiger partial charge in [-0.1, -0.05) is 6.92 Å². The lowest BCUT2D eigenvalue weighted by molar-refractivity contribution is 0.700. The van der Waals surface area contributed by atoms with E-state index >= 15 is 0 Å². The standard InChI is InChI=1S/C4H6N2OS/c1-2-6-4(3-5)8-7/h6H,2H2,1H3. The number of nitriles is 1. The largest absolute Gasteiger partial charge is 0.269 e. The summed E-state index contributed by atoms with van der Waals surface area (Å²) in [6.07, 6.45) is 0. The van der Waals surface area contributed by atoms with Crippen molar-refractivity contribution in [1.82, 2.24) is 5.32 Å². The first kappa shape index (κ1) is 7.34. The Morgan fingerprint density at radius 1 is 2.00 bits per heavy atom. The molecular formula is C4H6N2OS. The van der Waals surface area contributed by atoms with E-state index < -0.39 is 0 Å². The van der Waals surface area contributed by atoms with Crippen molar-refractivity contribution in [2.24, 2.45) is 0 Å². The zero-order valence-corrected chi connectivity index (χ0v) is 5.29. The topological polar surface area (TPSA) is 52.9 Å². The van der Waals surface area contributed by atoms with Gasteiger partial charge in [0.15, 0.2) is 4.99 Å². The lowest BCUT2D eigenvalue weighted by Crippen LogP contribution is -2.20. The predicted molar refractivity (Wildman–Crippen MR) is 32.4 cm³/mol. The van der Waals surface area contributed by atoms with Crippen molar-refractivity contribution in [3.8, 4) is 6.07 Å². The highest BCUT2D eigenvalue weighted by atomic mass is 32.1. The quantitative estimate of drug-likeness (QED) is 0.485. The molecule has 0 saturated carbocycles. The van der Waals surface area contributed by atoms with Crippen LogP contribution in [0.5, 0.6) is 0 Å². The lowest BCUT2D eigenvalue weighted by Gasteiger charge is -1.86. The van der Waals surface area contributed by atoms with Crippen LogP contribution in [0.25, 0.3) is 0 Å². The molecule has 0 spiro atoms. The van der Waals surface area contributed by atoms with E-state index in [-0.39, 0.29) is 16.2 Å². The highest BCUT2D eigenvalue weighted by molar-refractivity contribution is 7.67. The Balaban J connectivity index is 3.79. The van der Waals surface area contributed by atoms with Crippen molar-refractivity contribution >= 4 is 16.2 Å². The first-order valence-corrected chi connectivity index (χ1v) is 2.90. The van der Waals surface area contributed by atoms with Gasteiger partial charge in [-0.2, -0.15) is 5.26 Å². The zero-order chi connectivity index (χ0) is 6.41. The van der Waals surface area contributed by atoms with Gasteiger partial charge in [-0.25, -0.2) is 4.21 Å². The van der Waals surface area contributed by atoms with Gasteiger partial charge >= 0.3 is 0 Å². The Morgan fingerprint density at radius 3 is 2.75 bits per heavy atom. The SMILES string of the molecule is CCNC(C#N)=S=O. The van der Waals surface area contributed by atoms with E-state index in [1.165, 1.54) is 0 Å². The number of hydrogen-bond donors (Lipinski definition) is 1. The van der Waals surface area contributed by atoms with Gasteiger partial charge in [-0.15, -0.1) is 0 Å². The summed E-state index contributed by atoms with van der Waals surface area (Å²) in [5, 5.41) is 10.7. The molecular weight excluding hydrogens is 124 g/mol. The summed E-state index contributed by atoms with van der Waals surface area (Å²) < 4.78 is 9.85. The molecule has 3 nitrogen and oxygen atoms in total. The van der Waals surface area contributed by atoms with Crippen molar-refractivity contribution < 1.29 is 4.21 Å². The van der Waals surface area contributed by atoms with Crippen LogP contribution in [0.3, 0.4) is 0 Å². The molecule has 8 heavy (non-hydrogen) atoms. The van der Waals surface area contributed by atoms with Gasteiger partial charge in [0.25, 0.3) is 0 Å². The number of nitrogens with zero attached hydrogens (tertiary/aromatic N) is 1. The van der Waals surface area contributed by atoms with Gasteiger partial charge in [0.1, 0.15) is 17.3 Å². The molecule has 0 aromatic carbocycles. The predicted octanol–water partition coefficient (Wildman–Crippen LogP) is -0.538. The van der Waals surface area contributed by atoms with Crippen LogP contribution in [0.15, 0.2) is 0 Å². The van der Waals surface area contributed by atoms with Gasteiger partial charge < -0.3 is 0 Å². The Labute approximate surface area is 51.4 Å². The van der Waals surface area contributed by atoms with Crippen molar-refractivity contribution in [2.45, 2.75) is 6.92 Å². The van der Waals surface area contributed by atoms with Gasteiger partial charge in [0.05, 0.1) is 0 Å². The number of rotatable bonds is 1. The maximum atomic E-state index is 9.85. The molecule has 0 aliphatic rings.